The average molecular weight is 336 g/mol. The van der Waals surface area contributed by atoms with Gasteiger partial charge in [0.15, 0.2) is 0 Å². The lowest BCUT2D eigenvalue weighted by molar-refractivity contribution is -0.111. The number of nitrogens with zero attached hydrogens (tertiary/aromatic N) is 3. The summed E-state index contributed by atoms with van der Waals surface area (Å²) in [6.07, 6.45) is 2.74. The fraction of sp³-hybridized carbons (Fsp3) is 0.765. The maximum Gasteiger partial charge on any atom is 0.317 e. The van der Waals surface area contributed by atoms with Crippen molar-refractivity contribution in [2.75, 3.05) is 32.8 Å². The van der Waals surface area contributed by atoms with Crippen LogP contribution in [-0.2, 0) is 11.3 Å². The molecule has 0 spiro atoms. The highest BCUT2D eigenvalue weighted by Gasteiger charge is 2.49. The maximum absolute atomic E-state index is 12.5. The van der Waals surface area contributed by atoms with E-state index in [2.05, 4.69) is 29.2 Å². The predicted molar refractivity (Wildman–Crippen MR) is 89.5 cm³/mol. The van der Waals surface area contributed by atoms with E-state index in [0.29, 0.717) is 0 Å². The van der Waals surface area contributed by atoms with Gasteiger partial charge in [-0.15, -0.1) is 0 Å². The zero-order valence-corrected chi connectivity index (χ0v) is 14.8. The molecule has 134 valence electrons. The molecule has 7 nitrogen and oxygen atoms in total. The number of rotatable bonds is 5. The van der Waals surface area contributed by atoms with Crippen molar-refractivity contribution >= 4 is 6.03 Å². The second kappa shape index (κ2) is 7.11. The van der Waals surface area contributed by atoms with Crippen LogP contribution in [0.3, 0.4) is 0 Å². The van der Waals surface area contributed by atoms with Crippen molar-refractivity contribution in [3.63, 3.8) is 0 Å². The van der Waals surface area contributed by atoms with Crippen molar-refractivity contribution in [2.24, 2.45) is 5.41 Å². The minimum Gasteiger partial charge on any atom is -0.378 e. The molecular weight excluding hydrogens is 308 g/mol. The quantitative estimate of drug-likeness (QED) is 0.886. The maximum atomic E-state index is 12.5. The number of amides is 2. The third kappa shape index (κ3) is 3.57. The number of aromatic nitrogens is 1. The highest BCUT2D eigenvalue weighted by Crippen LogP contribution is 2.42. The van der Waals surface area contributed by atoms with Crippen LogP contribution in [0.4, 0.5) is 4.79 Å². The van der Waals surface area contributed by atoms with Gasteiger partial charge < -0.3 is 19.5 Å². The fourth-order valence-corrected chi connectivity index (χ4v) is 3.51. The summed E-state index contributed by atoms with van der Waals surface area (Å²) in [5.41, 5.74) is 0.937. The van der Waals surface area contributed by atoms with Gasteiger partial charge in [0.1, 0.15) is 6.26 Å². The van der Waals surface area contributed by atoms with Gasteiger partial charge in [0.2, 0.25) is 0 Å². The molecule has 0 unspecified atom stereocenters. The van der Waals surface area contributed by atoms with E-state index in [-0.39, 0.29) is 23.6 Å². The molecule has 1 aliphatic carbocycles. The molecule has 0 bridgehead atoms. The molecule has 0 aromatic carbocycles. The van der Waals surface area contributed by atoms with Crippen LogP contribution in [-0.4, -0.2) is 65.9 Å². The van der Waals surface area contributed by atoms with Gasteiger partial charge in [-0.1, -0.05) is 19.0 Å². The Kier molecular flexibility index (Phi) is 5.10. The number of nitrogens with one attached hydrogen (secondary N) is 1. The second-order valence-electron chi connectivity index (χ2n) is 7.26. The minimum atomic E-state index is 0.000441. The molecular formula is C17H28N4O3. The molecule has 1 saturated carbocycles. The summed E-state index contributed by atoms with van der Waals surface area (Å²) in [5.74, 6) is 0. The second-order valence-corrected chi connectivity index (χ2v) is 7.26. The number of carbonyl (C=O) groups excluding carboxylic acids is 1. The summed E-state index contributed by atoms with van der Waals surface area (Å²) in [6.45, 7) is 11.0. The molecule has 1 aromatic rings. The topological polar surface area (TPSA) is 70.8 Å². The van der Waals surface area contributed by atoms with E-state index in [1.165, 1.54) is 0 Å². The Morgan fingerprint density at radius 2 is 2.17 bits per heavy atom. The molecule has 1 aromatic heterocycles. The monoisotopic (exact) mass is 336 g/mol. The van der Waals surface area contributed by atoms with Crippen LogP contribution in [0.15, 0.2) is 16.9 Å². The number of hydrogen-bond acceptors (Lipinski definition) is 5. The fourth-order valence-electron chi connectivity index (χ4n) is 3.51. The number of ether oxygens (including phenoxy) is 1. The third-order valence-electron chi connectivity index (χ3n) is 5.38. The molecule has 24 heavy (non-hydrogen) atoms. The molecule has 1 aliphatic heterocycles. The van der Waals surface area contributed by atoms with E-state index >= 15 is 0 Å². The van der Waals surface area contributed by atoms with Gasteiger partial charge in [0, 0.05) is 56.9 Å². The number of piperazine rings is 1. The normalized spacial score (nSPS) is 26.9. The summed E-state index contributed by atoms with van der Waals surface area (Å²) < 4.78 is 10.6. The summed E-state index contributed by atoms with van der Waals surface area (Å²) in [5, 5.41) is 7.13. The lowest BCUT2D eigenvalue weighted by Crippen LogP contribution is -2.64. The molecule has 1 N–H and O–H groups in total. The molecule has 2 amide bonds. The van der Waals surface area contributed by atoms with E-state index in [9.17, 15) is 4.79 Å². The van der Waals surface area contributed by atoms with Gasteiger partial charge in [-0.25, -0.2) is 4.79 Å². The number of urea groups is 1. The zero-order chi connectivity index (χ0) is 17.2. The van der Waals surface area contributed by atoms with Gasteiger partial charge in [0.05, 0.1) is 11.8 Å². The third-order valence-corrected chi connectivity index (χ3v) is 5.38. The summed E-state index contributed by atoms with van der Waals surface area (Å²) in [6, 6.07) is 2.12. The lowest BCUT2D eigenvalue weighted by Gasteiger charge is -2.52. The van der Waals surface area contributed by atoms with Crippen LogP contribution in [0.2, 0.25) is 0 Å². The summed E-state index contributed by atoms with van der Waals surface area (Å²) in [4.78, 5) is 16.7. The predicted octanol–water partition coefficient (Wildman–Crippen LogP) is 1.71. The van der Waals surface area contributed by atoms with Crippen LogP contribution >= 0.6 is 0 Å². The van der Waals surface area contributed by atoms with Gasteiger partial charge >= 0.3 is 6.03 Å². The van der Waals surface area contributed by atoms with E-state index in [1.54, 1.807) is 6.26 Å². The Balaban J connectivity index is 1.43. The van der Waals surface area contributed by atoms with Crippen LogP contribution in [0.5, 0.6) is 0 Å². The van der Waals surface area contributed by atoms with Crippen molar-refractivity contribution in [2.45, 2.75) is 45.9 Å². The first-order valence-electron chi connectivity index (χ1n) is 8.79. The van der Waals surface area contributed by atoms with Gasteiger partial charge in [-0.2, -0.15) is 0 Å². The van der Waals surface area contributed by atoms with Crippen molar-refractivity contribution in [3.05, 3.63) is 18.0 Å². The SMILES string of the molecule is CCO[C@@H]1C[C@H](NC(=O)N2CCN(Cc3ccon3)CC2)C1(C)C. The minimum absolute atomic E-state index is 0.000441. The molecule has 0 radical (unpaired) electrons. The molecule has 3 rings (SSSR count). The van der Waals surface area contributed by atoms with E-state index in [1.807, 2.05) is 17.9 Å². The van der Waals surface area contributed by atoms with Gasteiger partial charge in [-0.05, 0) is 13.3 Å². The van der Waals surface area contributed by atoms with Gasteiger partial charge in [0.25, 0.3) is 0 Å². The number of carbonyl (C=O) groups is 1. The molecule has 2 fully saturated rings. The Hall–Kier alpha value is -1.60. The Morgan fingerprint density at radius 3 is 2.75 bits per heavy atom. The van der Waals surface area contributed by atoms with Crippen LogP contribution in [0, 0.1) is 5.41 Å². The van der Waals surface area contributed by atoms with Crippen molar-refractivity contribution in [1.29, 1.82) is 0 Å². The molecule has 1 saturated heterocycles. The average Bonchev–Trinajstić information content (AvgIpc) is 3.07. The van der Waals surface area contributed by atoms with Crippen LogP contribution < -0.4 is 5.32 Å². The summed E-state index contributed by atoms with van der Waals surface area (Å²) in [7, 11) is 0. The lowest BCUT2D eigenvalue weighted by atomic mass is 9.64. The Bertz CT molecular complexity index is 538. The highest BCUT2D eigenvalue weighted by atomic mass is 16.5. The largest absolute Gasteiger partial charge is 0.378 e. The van der Waals surface area contributed by atoms with Crippen molar-refractivity contribution in [3.8, 4) is 0 Å². The first-order valence-corrected chi connectivity index (χ1v) is 8.79. The summed E-state index contributed by atoms with van der Waals surface area (Å²) >= 11 is 0. The van der Waals surface area contributed by atoms with E-state index in [4.69, 9.17) is 9.26 Å². The number of hydrogen-bond donors (Lipinski definition) is 1. The van der Waals surface area contributed by atoms with Crippen LogP contribution in [0.1, 0.15) is 32.9 Å². The Morgan fingerprint density at radius 1 is 1.42 bits per heavy atom. The van der Waals surface area contributed by atoms with Crippen LogP contribution in [0.25, 0.3) is 0 Å². The first kappa shape index (κ1) is 17.2. The van der Waals surface area contributed by atoms with E-state index in [0.717, 1.165) is 51.4 Å². The van der Waals surface area contributed by atoms with Gasteiger partial charge in [-0.3, -0.25) is 4.90 Å². The molecule has 2 aliphatic rings. The van der Waals surface area contributed by atoms with Crippen molar-refractivity contribution in [1.82, 2.24) is 20.3 Å². The first-order chi connectivity index (χ1) is 11.5. The highest BCUT2D eigenvalue weighted by molar-refractivity contribution is 5.75. The standard InChI is InChI=1S/C17H28N4O3/c1-4-23-15-11-14(17(15,2)3)18-16(22)21-8-6-20(7-9-21)12-13-5-10-24-19-13/h5,10,14-15H,4,6-9,11-12H2,1-3H3,(H,18,22)/t14-,15+/m0/s1. The molecule has 2 atom stereocenters. The molecule has 7 heteroatoms. The zero-order valence-electron chi connectivity index (χ0n) is 14.8. The molecule has 2 heterocycles. The Labute approximate surface area is 143 Å². The van der Waals surface area contributed by atoms with E-state index < -0.39 is 0 Å². The van der Waals surface area contributed by atoms with Crippen molar-refractivity contribution < 1.29 is 14.1 Å². The smallest absolute Gasteiger partial charge is 0.317 e.